The van der Waals surface area contributed by atoms with E-state index in [4.69, 9.17) is 4.74 Å². The van der Waals surface area contributed by atoms with Crippen molar-refractivity contribution >= 4 is 17.6 Å². The van der Waals surface area contributed by atoms with Crippen LogP contribution in [0.25, 0.3) is 0 Å². The summed E-state index contributed by atoms with van der Waals surface area (Å²) in [6.07, 6.45) is 0. The van der Waals surface area contributed by atoms with Crippen LogP contribution in [0.3, 0.4) is 0 Å². The van der Waals surface area contributed by atoms with E-state index in [1.165, 1.54) is 23.8 Å². The van der Waals surface area contributed by atoms with Crippen molar-refractivity contribution in [2.24, 2.45) is 0 Å². The molecule has 0 saturated carbocycles. The Labute approximate surface area is 169 Å². The van der Waals surface area contributed by atoms with E-state index in [-0.39, 0.29) is 47.6 Å². The first-order valence-corrected chi connectivity index (χ1v) is 7.71. The molecule has 2 aromatic carbocycles. The topological polar surface area (TPSA) is 78.5 Å². The molecule has 0 heterocycles. The number of hydrogen-bond donors (Lipinski definition) is 1. The number of ether oxygens (including phenoxy) is 1. The second-order valence-corrected chi connectivity index (χ2v) is 5.88. The zero-order chi connectivity index (χ0) is 17.7. The average molecular weight is 349 g/mol. The van der Waals surface area contributed by atoms with E-state index >= 15 is 0 Å². The Hall–Kier alpha value is -1.82. The van der Waals surface area contributed by atoms with Crippen molar-refractivity contribution < 1.29 is 49.0 Å². The second-order valence-electron chi connectivity index (χ2n) is 5.88. The fourth-order valence-corrected chi connectivity index (χ4v) is 2.46. The Bertz CT molecular complexity index is 759. The summed E-state index contributed by atoms with van der Waals surface area (Å²) < 4.78 is 5.49. The van der Waals surface area contributed by atoms with Gasteiger partial charge in [0.15, 0.2) is 6.61 Å². The minimum Gasteiger partial charge on any atom is -0.545 e. The van der Waals surface area contributed by atoms with Gasteiger partial charge in [-0.05, 0) is 53.8 Å². The fourth-order valence-electron chi connectivity index (χ4n) is 2.46. The molecule has 0 atom stereocenters. The van der Waals surface area contributed by atoms with Crippen molar-refractivity contribution in [3.63, 3.8) is 0 Å². The van der Waals surface area contributed by atoms with Crippen LogP contribution in [0.15, 0.2) is 42.5 Å². The van der Waals surface area contributed by atoms with Crippen molar-refractivity contribution in [1.29, 1.82) is 0 Å². The Kier molecular flexibility index (Phi) is 8.16. The number of carbonyl (C=O) groups is 2. The van der Waals surface area contributed by atoms with Crippen LogP contribution in [0.4, 0.5) is 5.69 Å². The SMILES string of the molecule is Cc1cc(OCC(=O)Nc2cccc(C(=O)[O-])c2)ccc1C(C)C.[Na+]. The molecular formula is C19H20NNaO4. The molecule has 0 aliphatic heterocycles. The van der Waals surface area contributed by atoms with E-state index in [0.29, 0.717) is 17.4 Å². The molecule has 0 spiro atoms. The summed E-state index contributed by atoms with van der Waals surface area (Å²) in [5, 5.41) is 13.4. The van der Waals surface area contributed by atoms with Gasteiger partial charge in [-0.3, -0.25) is 4.79 Å². The molecule has 0 radical (unpaired) electrons. The van der Waals surface area contributed by atoms with E-state index in [9.17, 15) is 14.7 Å². The summed E-state index contributed by atoms with van der Waals surface area (Å²) in [6, 6.07) is 11.6. The van der Waals surface area contributed by atoms with Gasteiger partial charge in [0.2, 0.25) is 0 Å². The molecule has 0 aliphatic rings. The van der Waals surface area contributed by atoms with Gasteiger partial charge in [-0.2, -0.15) is 0 Å². The van der Waals surface area contributed by atoms with Crippen molar-refractivity contribution in [2.45, 2.75) is 26.7 Å². The molecule has 1 amide bonds. The maximum Gasteiger partial charge on any atom is 1.00 e. The number of carboxylic acid groups (broad SMARTS) is 1. The summed E-state index contributed by atoms with van der Waals surface area (Å²) in [7, 11) is 0. The number of aromatic carboxylic acids is 1. The van der Waals surface area contributed by atoms with Gasteiger partial charge in [-0.25, -0.2) is 0 Å². The maximum absolute atomic E-state index is 11.9. The predicted octanol–water partition coefficient (Wildman–Crippen LogP) is -0.497. The Morgan fingerprint density at radius 1 is 1.16 bits per heavy atom. The van der Waals surface area contributed by atoms with Crippen LogP contribution in [0.5, 0.6) is 5.75 Å². The van der Waals surface area contributed by atoms with Gasteiger partial charge in [0.05, 0.1) is 5.97 Å². The third kappa shape index (κ3) is 6.20. The Balaban J connectivity index is 0.00000312. The third-order valence-corrected chi connectivity index (χ3v) is 3.62. The molecular weight excluding hydrogens is 329 g/mol. The summed E-state index contributed by atoms with van der Waals surface area (Å²) >= 11 is 0. The minimum atomic E-state index is -1.29. The predicted molar refractivity (Wildman–Crippen MR) is 90.2 cm³/mol. The summed E-state index contributed by atoms with van der Waals surface area (Å²) in [6.45, 7) is 6.10. The van der Waals surface area contributed by atoms with Crippen LogP contribution in [0.2, 0.25) is 0 Å². The van der Waals surface area contributed by atoms with Crippen LogP contribution >= 0.6 is 0 Å². The van der Waals surface area contributed by atoms with Gasteiger partial charge in [-0.1, -0.05) is 32.0 Å². The number of nitrogens with one attached hydrogen (secondary N) is 1. The standard InChI is InChI=1S/C19H21NO4.Na/c1-12(2)17-8-7-16(9-13(17)3)24-11-18(21)20-15-6-4-5-14(10-15)19(22)23;/h4-10,12H,11H2,1-3H3,(H,20,21)(H,22,23);/q;+1/p-1. The fraction of sp³-hybridized carbons (Fsp3) is 0.263. The number of benzene rings is 2. The van der Waals surface area contributed by atoms with Crippen LogP contribution in [0, 0.1) is 6.92 Å². The van der Waals surface area contributed by atoms with Gasteiger partial charge < -0.3 is 20.0 Å². The van der Waals surface area contributed by atoms with Crippen LogP contribution in [0.1, 0.15) is 41.3 Å². The maximum atomic E-state index is 11.9. The molecule has 0 bridgehead atoms. The zero-order valence-electron chi connectivity index (χ0n) is 15.0. The quantitative estimate of drug-likeness (QED) is 0.714. The summed E-state index contributed by atoms with van der Waals surface area (Å²) in [5.74, 6) is -0.604. The number of hydrogen-bond acceptors (Lipinski definition) is 4. The zero-order valence-corrected chi connectivity index (χ0v) is 17.0. The van der Waals surface area contributed by atoms with Gasteiger partial charge in [0, 0.05) is 5.69 Å². The molecule has 0 saturated heterocycles. The van der Waals surface area contributed by atoms with Crippen molar-refractivity contribution in [2.75, 3.05) is 11.9 Å². The molecule has 25 heavy (non-hydrogen) atoms. The van der Waals surface area contributed by atoms with E-state index in [1.807, 2.05) is 25.1 Å². The molecule has 0 fully saturated rings. The first-order chi connectivity index (χ1) is 11.4. The van der Waals surface area contributed by atoms with Gasteiger partial charge in [-0.15, -0.1) is 0 Å². The monoisotopic (exact) mass is 349 g/mol. The second kappa shape index (κ2) is 9.61. The number of aryl methyl sites for hydroxylation is 1. The van der Waals surface area contributed by atoms with E-state index in [1.54, 1.807) is 6.07 Å². The largest absolute Gasteiger partial charge is 1.00 e. The third-order valence-electron chi connectivity index (χ3n) is 3.62. The molecule has 6 heteroatoms. The van der Waals surface area contributed by atoms with E-state index in [2.05, 4.69) is 19.2 Å². The number of carbonyl (C=O) groups excluding carboxylic acids is 2. The van der Waals surface area contributed by atoms with Crippen molar-refractivity contribution in [3.8, 4) is 5.75 Å². The van der Waals surface area contributed by atoms with Gasteiger partial charge >= 0.3 is 29.6 Å². The first kappa shape index (κ1) is 21.2. The van der Waals surface area contributed by atoms with Crippen LogP contribution < -0.4 is 44.7 Å². The van der Waals surface area contributed by atoms with Gasteiger partial charge in [0.1, 0.15) is 5.75 Å². The van der Waals surface area contributed by atoms with Crippen LogP contribution in [-0.2, 0) is 4.79 Å². The molecule has 2 aromatic rings. The number of amides is 1. The normalized spacial score (nSPS) is 10.1. The molecule has 126 valence electrons. The molecule has 0 unspecified atom stereocenters. The van der Waals surface area contributed by atoms with Crippen LogP contribution in [-0.4, -0.2) is 18.5 Å². The number of carboxylic acids is 1. The number of anilines is 1. The molecule has 0 aliphatic carbocycles. The molecule has 1 N–H and O–H groups in total. The Morgan fingerprint density at radius 2 is 1.88 bits per heavy atom. The smallest absolute Gasteiger partial charge is 0.545 e. The summed E-state index contributed by atoms with van der Waals surface area (Å²) in [5.41, 5.74) is 2.75. The Morgan fingerprint density at radius 3 is 2.48 bits per heavy atom. The number of rotatable bonds is 6. The van der Waals surface area contributed by atoms with Crippen molar-refractivity contribution in [1.82, 2.24) is 0 Å². The molecule has 2 rings (SSSR count). The van der Waals surface area contributed by atoms with Gasteiger partial charge in [0.25, 0.3) is 5.91 Å². The molecule has 5 nitrogen and oxygen atoms in total. The average Bonchev–Trinajstić information content (AvgIpc) is 2.53. The summed E-state index contributed by atoms with van der Waals surface area (Å²) in [4.78, 5) is 22.7. The molecule has 0 aromatic heterocycles. The minimum absolute atomic E-state index is 0. The first-order valence-electron chi connectivity index (χ1n) is 7.71. The van der Waals surface area contributed by atoms with E-state index < -0.39 is 5.97 Å². The van der Waals surface area contributed by atoms with E-state index in [0.717, 1.165) is 5.56 Å². The van der Waals surface area contributed by atoms with Crippen molar-refractivity contribution in [3.05, 3.63) is 59.2 Å².